The minimum atomic E-state index is -0.181. The van der Waals surface area contributed by atoms with Gasteiger partial charge in [0.2, 0.25) is 0 Å². The maximum atomic E-state index is 13.0. The molecule has 0 aromatic heterocycles. The molecule has 28 heavy (non-hydrogen) atoms. The number of hydrogen-bond acceptors (Lipinski definition) is 4. The van der Waals surface area contributed by atoms with E-state index in [2.05, 4.69) is 16.3 Å². The first-order valence-corrected chi connectivity index (χ1v) is 9.72. The van der Waals surface area contributed by atoms with Gasteiger partial charge >= 0.3 is 0 Å². The molecule has 2 aromatic rings. The normalized spacial score (nSPS) is 14.8. The minimum absolute atomic E-state index is 0.181. The summed E-state index contributed by atoms with van der Waals surface area (Å²) >= 11 is 0. The number of benzene rings is 2. The summed E-state index contributed by atoms with van der Waals surface area (Å²) in [6.45, 7) is 2.17. The third-order valence-electron chi connectivity index (χ3n) is 5.08. The first kappa shape index (κ1) is 19.5. The average Bonchev–Trinajstić information content (AvgIpc) is 2.77. The highest BCUT2D eigenvalue weighted by atomic mass is 16.1. The van der Waals surface area contributed by atoms with Crippen molar-refractivity contribution in [2.45, 2.75) is 32.2 Å². The van der Waals surface area contributed by atoms with Crippen LogP contribution in [0.1, 0.15) is 36.0 Å². The number of likely N-dealkylation sites (tertiary alicyclic amines) is 1. The third-order valence-corrected chi connectivity index (χ3v) is 5.08. The number of carbonyl (C=O) groups is 1. The van der Waals surface area contributed by atoms with Crippen molar-refractivity contribution < 1.29 is 4.79 Å². The van der Waals surface area contributed by atoms with E-state index in [1.54, 1.807) is 6.07 Å². The smallest absolute Gasteiger partial charge is 0.251 e. The molecule has 3 N–H and O–H groups in total. The second-order valence-corrected chi connectivity index (χ2v) is 7.03. The number of hydrogen-bond donors (Lipinski definition) is 2. The zero-order valence-corrected chi connectivity index (χ0v) is 16.0. The Labute approximate surface area is 166 Å². The van der Waals surface area contributed by atoms with Crippen molar-refractivity contribution in [2.75, 3.05) is 13.1 Å². The van der Waals surface area contributed by atoms with Crippen LogP contribution in [-0.2, 0) is 17.8 Å². The highest BCUT2D eigenvalue weighted by Gasteiger charge is 2.21. The molecule has 1 aliphatic heterocycles. The number of rotatable bonds is 6. The molecule has 0 unspecified atom stereocenters. The molecule has 1 fully saturated rings. The lowest BCUT2D eigenvalue weighted by Gasteiger charge is -2.30. The van der Waals surface area contributed by atoms with Crippen molar-refractivity contribution in [1.29, 1.82) is 5.26 Å². The van der Waals surface area contributed by atoms with Crippen LogP contribution < -0.4 is 11.1 Å². The van der Waals surface area contributed by atoms with Crippen LogP contribution in [0, 0.1) is 11.3 Å². The molecular weight excluding hydrogens is 348 g/mol. The quantitative estimate of drug-likeness (QED) is 0.761. The fourth-order valence-corrected chi connectivity index (χ4v) is 3.47. The number of piperidine rings is 1. The Bertz CT molecular complexity index is 877. The standard InChI is InChI=1S/C23H26N4O/c24-16-20-12-6-5-11-19(20)15-21(22(25)27-13-7-2-8-14-27)23(28)26-17-18-9-3-1-4-10-18/h1,3-6,9-12H,2,7-8,13-15,17,25H2,(H,26,28)/b22-21+. The maximum absolute atomic E-state index is 13.0. The molecule has 2 aromatic carbocycles. The van der Waals surface area contributed by atoms with Crippen molar-refractivity contribution in [3.05, 3.63) is 82.7 Å². The van der Waals surface area contributed by atoms with E-state index in [0.29, 0.717) is 29.9 Å². The van der Waals surface area contributed by atoms with Crippen LogP contribution >= 0.6 is 0 Å². The van der Waals surface area contributed by atoms with Crippen molar-refractivity contribution in [2.24, 2.45) is 5.73 Å². The van der Waals surface area contributed by atoms with Crippen LogP contribution in [-0.4, -0.2) is 23.9 Å². The molecule has 0 radical (unpaired) electrons. The summed E-state index contributed by atoms with van der Waals surface area (Å²) in [5, 5.41) is 12.4. The molecule has 1 heterocycles. The van der Waals surface area contributed by atoms with Gasteiger partial charge in [0.1, 0.15) is 5.82 Å². The molecular formula is C23H26N4O. The van der Waals surface area contributed by atoms with Gasteiger partial charge in [-0.3, -0.25) is 4.79 Å². The van der Waals surface area contributed by atoms with Crippen LogP contribution in [0.15, 0.2) is 66.0 Å². The Kier molecular flexibility index (Phi) is 6.69. The summed E-state index contributed by atoms with van der Waals surface area (Å²) in [6.07, 6.45) is 3.69. The van der Waals surface area contributed by atoms with E-state index in [4.69, 9.17) is 5.73 Å². The summed E-state index contributed by atoms with van der Waals surface area (Å²) < 4.78 is 0. The highest BCUT2D eigenvalue weighted by molar-refractivity contribution is 5.94. The maximum Gasteiger partial charge on any atom is 0.251 e. The first-order chi connectivity index (χ1) is 13.7. The van der Waals surface area contributed by atoms with E-state index >= 15 is 0 Å². The topological polar surface area (TPSA) is 82.1 Å². The largest absolute Gasteiger partial charge is 0.385 e. The van der Waals surface area contributed by atoms with Crippen molar-refractivity contribution in [3.8, 4) is 6.07 Å². The summed E-state index contributed by atoms with van der Waals surface area (Å²) in [4.78, 5) is 15.1. The van der Waals surface area contributed by atoms with Crippen LogP contribution in [0.25, 0.3) is 0 Å². The van der Waals surface area contributed by atoms with Gasteiger partial charge in [0.15, 0.2) is 0 Å². The lowest BCUT2D eigenvalue weighted by atomic mass is 9.99. The summed E-state index contributed by atoms with van der Waals surface area (Å²) in [7, 11) is 0. The molecule has 144 valence electrons. The average molecular weight is 374 g/mol. The molecule has 3 rings (SSSR count). The SMILES string of the molecule is N#Cc1ccccc1C/C(C(=O)NCc1ccccc1)=C(/N)N1CCCCC1. The number of nitrogens with two attached hydrogens (primary N) is 1. The van der Waals surface area contributed by atoms with Gasteiger partial charge in [-0.2, -0.15) is 5.26 Å². The van der Waals surface area contributed by atoms with Gasteiger partial charge in [0.25, 0.3) is 5.91 Å². The molecule has 5 nitrogen and oxygen atoms in total. The van der Waals surface area contributed by atoms with E-state index in [-0.39, 0.29) is 5.91 Å². The number of nitrogens with zero attached hydrogens (tertiary/aromatic N) is 2. The second kappa shape index (κ2) is 9.61. The molecule has 0 atom stereocenters. The van der Waals surface area contributed by atoms with Gasteiger partial charge in [0.05, 0.1) is 17.2 Å². The van der Waals surface area contributed by atoms with Crippen molar-refractivity contribution in [3.63, 3.8) is 0 Å². The van der Waals surface area contributed by atoms with Crippen molar-refractivity contribution >= 4 is 5.91 Å². The first-order valence-electron chi connectivity index (χ1n) is 9.72. The number of nitrogens with one attached hydrogen (secondary N) is 1. The molecule has 0 bridgehead atoms. The minimum Gasteiger partial charge on any atom is -0.385 e. The summed E-state index contributed by atoms with van der Waals surface area (Å²) in [6, 6.07) is 19.4. The zero-order valence-electron chi connectivity index (χ0n) is 16.0. The monoisotopic (exact) mass is 374 g/mol. The molecule has 1 aliphatic rings. The van der Waals surface area contributed by atoms with E-state index in [9.17, 15) is 10.1 Å². The Hall–Kier alpha value is -3.26. The van der Waals surface area contributed by atoms with E-state index in [1.807, 2.05) is 48.5 Å². The molecule has 1 saturated heterocycles. The Morgan fingerprint density at radius 2 is 1.71 bits per heavy atom. The fraction of sp³-hybridized carbons (Fsp3) is 0.304. The Morgan fingerprint density at radius 3 is 2.43 bits per heavy atom. The lowest BCUT2D eigenvalue weighted by molar-refractivity contribution is -0.117. The Balaban J connectivity index is 1.85. The van der Waals surface area contributed by atoms with Gasteiger partial charge in [-0.15, -0.1) is 0 Å². The Morgan fingerprint density at radius 1 is 1.04 bits per heavy atom. The summed E-state index contributed by atoms with van der Waals surface area (Å²) in [5.74, 6) is 0.345. The highest BCUT2D eigenvalue weighted by Crippen LogP contribution is 2.19. The molecule has 1 amide bonds. The second-order valence-electron chi connectivity index (χ2n) is 7.03. The van der Waals surface area contributed by atoms with Gasteiger partial charge < -0.3 is 16.0 Å². The number of nitriles is 1. The van der Waals surface area contributed by atoms with Crippen LogP contribution in [0.4, 0.5) is 0 Å². The van der Waals surface area contributed by atoms with Crippen LogP contribution in [0.2, 0.25) is 0 Å². The van der Waals surface area contributed by atoms with Gasteiger partial charge in [-0.1, -0.05) is 48.5 Å². The molecule has 5 heteroatoms. The fourth-order valence-electron chi connectivity index (χ4n) is 3.47. The summed E-state index contributed by atoms with van der Waals surface area (Å²) in [5.41, 5.74) is 9.41. The van der Waals surface area contributed by atoms with E-state index < -0.39 is 0 Å². The van der Waals surface area contributed by atoms with Crippen LogP contribution in [0.3, 0.4) is 0 Å². The number of amides is 1. The number of carbonyl (C=O) groups excluding carboxylic acids is 1. The third kappa shape index (κ3) is 4.92. The zero-order chi connectivity index (χ0) is 19.8. The predicted octanol–water partition coefficient (Wildman–Crippen LogP) is 3.07. The predicted molar refractivity (Wildman–Crippen MR) is 110 cm³/mol. The van der Waals surface area contributed by atoms with Gasteiger partial charge in [0, 0.05) is 26.1 Å². The van der Waals surface area contributed by atoms with Crippen LogP contribution in [0.5, 0.6) is 0 Å². The molecule has 0 spiro atoms. The van der Waals surface area contributed by atoms with Gasteiger partial charge in [-0.05, 0) is 36.5 Å². The van der Waals surface area contributed by atoms with Gasteiger partial charge in [-0.25, -0.2) is 0 Å². The van der Waals surface area contributed by atoms with Crippen molar-refractivity contribution in [1.82, 2.24) is 10.2 Å². The van der Waals surface area contributed by atoms with E-state index in [0.717, 1.165) is 37.1 Å². The molecule has 0 saturated carbocycles. The lowest BCUT2D eigenvalue weighted by Crippen LogP contribution is -2.37. The molecule has 0 aliphatic carbocycles. The van der Waals surface area contributed by atoms with E-state index in [1.165, 1.54) is 6.42 Å².